The molecule has 0 amide bonds. The summed E-state index contributed by atoms with van der Waals surface area (Å²) in [6.45, 7) is 6.46. The van der Waals surface area contributed by atoms with E-state index in [-0.39, 0.29) is 24.8 Å². The first-order chi connectivity index (χ1) is 13.8. The number of hydrogen-bond donors (Lipinski definition) is 2. The van der Waals surface area contributed by atoms with Crippen molar-refractivity contribution in [1.82, 2.24) is 8.87 Å². The molecule has 1 aliphatic heterocycles. The molecule has 0 bridgehead atoms. The van der Waals surface area contributed by atoms with E-state index >= 15 is 0 Å². The first-order valence-corrected chi connectivity index (χ1v) is 11.1. The maximum Gasteiger partial charge on any atom is 0.251 e. The molecule has 29 heavy (non-hydrogen) atoms. The largest absolute Gasteiger partial charge is 0.396 e. The number of nitrogens with zero attached hydrogens (tertiary/aromatic N) is 2. The predicted octanol–water partition coefficient (Wildman–Crippen LogP) is 2.13. The number of pyridine rings is 1. The number of rotatable bonds is 7. The third-order valence-electron chi connectivity index (χ3n) is 5.22. The van der Waals surface area contributed by atoms with Gasteiger partial charge in [-0.1, -0.05) is 30.3 Å². The minimum Gasteiger partial charge on any atom is -0.396 e. The number of aromatic nitrogens is 1. The van der Waals surface area contributed by atoms with E-state index in [2.05, 4.69) is 0 Å². The zero-order chi connectivity index (χ0) is 21.2. The Morgan fingerprint density at radius 2 is 1.83 bits per heavy atom. The second-order valence-electron chi connectivity index (χ2n) is 8.38. The molecule has 0 spiro atoms. The average molecular weight is 419 g/mol. The molecule has 7 heteroatoms. The fourth-order valence-electron chi connectivity index (χ4n) is 3.98. The smallest absolute Gasteiger partial charge is 0.251 e. The van der Waals surface area contributed by atoms with Crippen LogP contribution in [0.2, 0.25) is 0 Å². The van der Waals surface area contributed by atoms with Crippen molar-refractivity contribution in [3.05, 3.63) is 69.1 Å². The van der Waals surface area contributed by atoms with Crippen LogP contribution in [0.1, 0.15) is 55.6 Å². The van der Waals surface area contributed by atoms with E-state index in [1.807, 2.05) is 55.4 Å². The molecule has 2 atom stereocenters. The Hall–Kier alpha value is -1.80. The van der Waals surface area contributed by atoms with Crippen LogP contribution in [0.3, 0.4) is 0 Å². The van der Waals surface area contributed by atoms with Gasteiger partial charge in [-0.2, -0.15) is 0 Å². The maximum atomic E-state index is 13.2. The van der Waals surface area contributed by atoms with Gasteiger partial charge < -0.3 is 14.8 Å². The van der Waals surface area contributed by atoms with Crippen LogP contribution in [0.15, 0.2) is 41.2 Å². The SMILES string of the molecule is CC(C)(C)S(=O)N1Cc2cc(=O)n(Cc3ccccc3)c(CCO)c2[C@@H]1CCO. The Balaban J connectivity index is 2.13. The van der Waals surface area contributed by atoms with Gasteiger partial charge in [-0.25, -0.2) is 8.51 Å². The molecule has 2 N–H and O–H groups in total. The summed E-state index contributed by atoms with van der Waals surface area (Å²) in [5, 5.41) is 19.4. The Kier molecular flexibility index (Phi) is 6.73. The lowest BCUT2D eigenvalue weighted by Crippen LogP contribution is -2.37. The number of aliphatic hydroxyl groups excluding tert-OH is 2. The molecule has 1 aliphatic rings. The molecule has 3 rings (SSSR count). The number of benzene rings is 1. The highest BCUT2D eigenvalue weighted by molar-refractivity contribution is 7.84. The molecule has 1 unspecified atom stereocenters. The van der Waals surface area contributed by atoms with Gasteiger partial charge >= 0.3 is 0 Å². The Morgan fingerprint density at radius 3 is 2.41 bits per heavy atom. The van der Waals surface area contributed by atoms with E-state index in [1.165, 1.54) is 0 Å². The van der Waals surface area contributed by atoms with Crippen LogP contribution in [-0.2, 0) is 30.5 Å². The van der Waals surface area contributed by atoms with Crippen LogP contribution in [0, 0.1) is 0 Å². The standard InChI is InChI=1S/C22H30N2O4S/c1-22(2,3)29(28)24-15-17-13-20(27)23(14-16-7-5-4-6-8-16)18(9-11-25)21(17)19(24)10-12-26/h4-8,13,19,25-26H,9-12,14-15H2,1-3H3/t19-,29?/m0/s1. The topological polar surface area (TPSA) is 82.8 Å². The lowest BCUT2D eigenvalue weighted by Gasteiger charge is -2.30. The van der Waals surface area contributed by atoms with Crippen molar-refractivity contribution in [2.75, 3.05) is 13.2 Å². The molecule has 0 aliphatic carbocycles. The van der Waals surface area contributed by atoms with Crippen LogP contribution in [0.25, 0.3) is 0 Å². The summed E-state index contributed by atoms with van der Waals surface area (Å²) in [5.74, 6) is 0. The lowest BCUT2D eigenvalue weighted by molar-refractivity contribution is 0.237. The third-order valence-corrected chi connectivity index (χ3v) is 7.08. The summed E-state index contributed by atoms with van der Waals surface area (Å²) < 4.78 is 16.3. The van der Waals surface area contributed by atoms with Crippen molar-refractivity contribution in [1.29, 1.82) is 0 Å². The highest BCUT2D eigenvalue weighted by Gasteiger charge is 2.40. The lowest BCUT2D eigenvalue weighted by atomic mass is 9.98. The zero-order valence-corrected chi connectivity index (χ0v) is 18.1. The van der Waals surface area contributed by atoms with Gasteiger partial charge in [0.15, 0.2) is 0 Å². The zero-order valence-electron chi connectivity index (χ0n) is 17.3. The van der Waals surface area contributed by atoms with Gasteiger partial charge in [0.2, 0.25) is 0 Å². The van der Waals surface area contributed by atoms with Crippen molar-refractivity contribution < 1.29 is 14.4 Å². The minimum absolute atomic E-state index is 0.0433. The molecule has 0 saturated carbocycles. The summed E-state index contributed by atoms with van der Waals surface area (Å²) in [4.78, 5) is 13.0. The van der Waals surface area contributed by atoms with Gasteiger partial charge in [0.1, 0.15) is 11.0 Å². The molecule has 0 radical (unpaired) electrons. The maximum absolute atomic E-state index is 13.2. The van der Waals surface area contributed by atoms with Crippen molar-refractivity contribution in [3.63, 3.8) is 0 Å². The summed E-state index contributed by atoms with van der Waals surface area (Å²) in [7, 11) is -1.29. The molecule has 1 aromatic carbocycles. The summed E-state index contributed by atoms with van der Waals surface area (Å²) >= 11 is 0. The molecule has 6 nitrogen and oxygen atoms in total. The van der Waals surface area contributed by atoms with Crippen LogP contribution < -0.4 is 5.56 Å². The molecule has 2 aromatic rings. The van der Waals surface area contributed by atoms with E-state index in [1.54, 1.807) is 10.6 Å². The average Bonchev–Trinajstić information content (AvgIpc) is 3.02. The van der Waals surface area contributed by atoms with E-state index in [0.29, 0.717) is 25.9 Å². The van der Waals surface area contributed by atoms with E-state index in [4.69, 9.17) is 0 Å². The van der Waals surface area contributed by atoms with Crippen molar-refractivity contribution in [3.8, 4) is 0 Å². The van der Waals surface area contributed by atoms with Crippen LogP contribution in [-0.4, -0.2) is 41.3 Å². The van der Waals surface area contributed by atoms with Crippen molar-refractivity contribution in [2.24, 2.45) is 0 Å². The summed E-state index contributed by atoms with van der Waals surface area (Å²) in [5.41, 5.74) is 3.42. The van der Waals surface area contributed by atoms with Gasteiger partial charge in [-0.05, 0) is 43.9 Å². The van der Waals surface area contributed by atoms with E-state index < -0.39 is 15.7 Å². The van der Waals surface area contributed by atoms with E-state index in [9.17, 15) is 19.2 Å². The monoisotopic (exact) mass is 418 g/mol. The number of aliphatic hydroxyl groups is 2. The first kappa shape index (κ1) is 21.9. The fourth-order valence-corrected chi connectivity index (χ4v) is 5.38. The minimum atomic E-state index is -1.29. The third kappa shape index (κ3) is 4.53. The van der Waals surface area contributed by atoms with Gasteiger partial charge in [0, 0.05) is 37.9 Å². The van der Waals surface area contributed by atoms with Crippen LogP contribution in [0.5, 0.6) is 0 Å². The number of hydrogen-bond acceptors (Lipinski definition) is 4. The summed E-state index contributed by atoms with van der Waals surface area (Å²) in [6.07, 6.45) is 0.764. The van der Waals surface area contributed by atoms with Gasteiger partial charge in [-0.3, -0.25) is 4.79 Å². The van der Waals surface area contributed by atoms with E-state index in [0.717, 1.165) is 22.4 Å². The quantitative estimate of drug-likeness (QED) is 0.722. The van der Waals surface area contributed by atoms with Gasteiger partial charge in [-0.15, -0.1) is 0 Å². The van der Waals surface area contributed by atoms with Crippen LogP contribution in [0.4, 0.5) is 0 Å². The van der Waals surface area contributed by atoms with Gasteiger partial charge in [0.25, 0.3) is 5.56 Å². The number of fused-ring (bicyclic) bond motifs is 1. The fraction of sp³-hybridized carbons (Fsp3) is 0.500. The Morgan fingerprint density at radius 1 is 1.14 bits per heavy atom. The molecule has 158 valence electrons. The van der Waals surface area contributed by atoms with Crippen molar-refractivity contribution in [2.45, 2.75) is 57.5 Å². The molecular formula is C22H30N2O4S. The highest BCUT2D eigenvalue weighted by Crippen LogP contribution is 2.40. The van der Waals surface area contributed by atoms with Crippen LogP contribution >= 0.6 is 0 Å². The predicted molar refractivity (Wildman–Crippen MR) is 115 cm³/mol. The molecule has 0 saturated heterocycles. The molecule has 0 fully saturated rings. The highest BCUT2D eigenvalue weighted by atomic mass is 32.2. The van der Waals surface area contributed by atoms with Gasteiger partial charge in [0.05, 0.1) is 17.3 Å². The van der Waals surface area contributed by atoms with Crippen molar-refractivity contribution >= 4 is 11.0 Å². The second kappa shape index (κ2) is 8.92. The summed E-state index contributed by atoms with van der Waals surface area (Å²) in [6, 6.07) is 11.1. The first-order valence-electron chi connectivity index (χ1n) is 9.97. The Bertz CT molecular complexity index is 934. The second-order valence-corrected chi connectivity index (χ2v) is 10.6. The normalized spacial score (nSPS) is 18.0. The molecule has 1 aromatic heterocycles. The Labute approximate surface area is 174 Å². The molecular weight excluding hydrogens is 388 g/mol. The molecule has 2 heterocycles.